The van der Waals surface area contributed by atoms with Gasteiger partial charge in [-0.2, -0.15) is 0 Å². The van der Waals surface area contributed by atoms with E-state index in [2.05, 4.69) is 140 Å². The molecule has 1 aromatic carbocycles. The molecule has 2 aliphatic heterocycles. The maximum atomic E-state index is 13.8. The molecule has 0 aliphatic carbocycles. The molecule has 3 N–H and O–H groups in total. The van der Waals surface area contributed by atoms with Gasteiger partial charge >= 0.3 is 11.9 Å². The van der Waals surface area contributed by atoms with Crippen LogP contribution in [0.4, 0.5) is 0 Å². The fraction of sp³-hybridized carbons (Fsp3) is 0.810. The fourth-order valence-corrected chi connectivity index (χ4v) is 10.4. The first-order valence-corrected chi connectivity index (χ1v) is 18.7. The van der Waals surface area contributed by atoms with Crippen LogP contribution in [0.1, 0.15) is 140 Å². The van der Waals surface area contributed by atoms with Gasteiger partial charge in [0, 0.05) is 16.5 Å². The summed E-state index contributed by atoms with van der Waals surface area (Å²) in [6.07, 6.45) is 2.54. The second kappa shape index (κ2) is 13.1. The summed E-state index contributed by atoms with van der Waals surface area (Å²) in [7, 11) is 4.31. The summed E-state index contributed by atoms with van der Waals surface area (Å²) < 4.78 is 0. The zero-order valence-electron chi connectivity index (χ0n) is 34.3. The molecule has 2 saturated heterocycles. The van der Waals surface area contributed by atoms with Crippen LogP contribution in [0.3, 0.4) is 0 Å². The third-order valence-electron chi connectivity index (χ3n) is 15.0. The van der Waals surface area contributed by atoms with Crippen molar-refractivity contribution >= 4 is 11.9 Å². The van der Waals surface area contributed by atoms with Gasteiger partial charge in [0.2, 0.25) is 0 Å². The molecule has 280 valence electrons. The number of aliphatic carboxylic acids is 2. The summed E-state index contributed by atoms with van der Waals surface area (Å²) in [6, 6.07) is 4.12. The van der Waals surface area contributed by atoms with Gasteiger partial charge in [0.15, 0.2) is 5.92 Å². The summed E-state index contributed by atoms with van der Waals surface area (Å²) in [5, 5.41) is 34.2. The molecular weight excluding hydrogens is 612 g/mol. The van der Waals surface area contributed by atoms with Gasteiger partial charge in [-0.3, -0.25) is 9.59 Å². The van der Waals surface area contributed by atoms with E-state index < -0.39 is 28.7 Å². The van der Waals surface area contributed by atoms with Gasteiger partial charge in [-0.15, -0.1) is 0 Å². The number of phenolic OH excluding ortho intramolecular Hbond substituents is 1. The summed E-state index contributed by atoms with van der Waals surface area (Å²) in [6.45, 7) is 34.5. The summed E-state index contributed by atoms with van der Waals surface area (Å²) in [4.78, 5) is 32.3. The summed E-state index contributed by atoms with van der Waals surface area (Å²) in [5.41, 5.74) is -0.619. The topological polar surface area (TPSA) is 101 Å². The van der Waals surface area contributed by atoms with E-state index >= 15 is 0 Å². The average Bonchev–Trinajstić information content (AvgIpc) is 2.92. The van der Waals surface area contributed by atoms with Gasteiger partial charge < -0.3 is 25.1 Å². The van der Waals surface area contributed by atoms with E-state index in [0.29, 0.717) is 19.3 Å². The first-order valence-electron chi connectivity index (χ1n) is 18.7. The summed E-state index contributed by atoms with van der Waals surface area (Å²) in [5.74, 6) is -4.22. The van der Waals surface area contributed by atoms with Crippen LogP contribution in [0.5, 0.6) is 5.75 Å². The molecule has 0 radical (unpaired) electrons. The monoisotopic (exact) mass is 685 g/mol. The highest BCUT2D eigenvalue weighted by molar-refractivity contribution is 5.94. The second-order valence-electron chi connectivity index (χ2n) is 20.1. The standard InChI is InChI=1S/C42H72N2O5/c1-18-27(28-19-21-43(16)40(12,13)38(28,8)9)42(32(34(46)47)35(48)49,31-20-22-44(17)41(14,15)39(31,10)11)25-26-23-29(36(2,3)4)33(45)30(24-26)37(5,6)7/h23-24,27-28,31-32,45H,18-22,25H2,1-17H3,(H,46,47)(H,48,49). The molecule has 0 saturated carbocycles. The number of likely N-dealkylation sites (tertiary alicyclic amines) is 2. The molecule has 4 atom stereocenters. The Balaban J connectivity index is 2.61. The van der Waals surface area contributed by atoms with Gasteiger partial charge in [-0.25, -0.2) is 0 Å². The number of phenols is 1. The number of carboxylic acids is 2. The fourth-order valence-electron chi connectivity index (χ4n) is 10.4. The molecule has 0 amide bonds. The lowest BCUT2D eigenvalue weighted by Gasteiger charge is -2.66. The lowest BCUT2D eigenvalue weighted by atomic mass is 9.41. The lowest BCUT2D eigenvalue weighted by Crippen LogP contribution is -2.69. The Kier molecular flexibility index (Phi) is 11.1. The molecule has 49 heavy (non-hydrogen) atoms. The number of hydrogen-bond donors (Lipinski definition) is 3. The molecule has 4 unspecified atom stereocenters. The van der Waals surface area contributed by atoms with Crippen LogP contribution >= 0.6 is 0 Å². The van der Waals surface area contributed by atoms with E-state index in [1.165, 1.54) is 0 Å². The molecule has 0 bridgehead atoms. The van der Waals surface area contributed by atoms with E-state index in [-0.39, 0.29) is 50.8 Å². The molecule has 0 spiro atoms. The largest absolute Gasteiger partial charge is 0.507 e. The molecule has 2 heterocycles. The highest BCUT2D eigenvalue weighted by Gasteiger charge is 2.66. The lowest BCUT2D eigenvalue weighted by molar-refractivity contribution is -0.199. The Morgan fingerprint density at radius 3 is 1.57 bits per heavy atom. The van der Waals surface area contributed by atoms with Crippen LogP contribution in [0.15, 0.2) is 12.1 Å². The van der Waals surface area contributed by atoms with E-state index in [1.807, 2.05) is 0 Å². The third kappa shape index (κ3) is 6.69. The van der Waals surface area contributed by atoms with Crippen molar-refractivity contribution in [3.8, 4) is 5.75 Å². The predicted molar refractivity (Wildman–Crippen MR) is 201 cm³/mol. The van der Waals surface area contributed by atoms with E-state index in [0.717, 1.165) is 36.2 Å². The van der Waals surface area contributed by atoms with Gasteiger partial charge in [0.1, 0.15) is 5.75 Å². The molecule has 7 heteroatoms. The highest BCUT2D eigenvalue weighted by Crippen LogP contribution is 2.65. The maximum Gasteiger partial charge on any atom is 0.318 e. The number of hydrogen-bond acceptors (Lipinski definition) is 5. The van der Waals surface area contributed by atoms with Gasteiger partial charge in [-0.05, 0) is 130 Å². The Labute approximate surface area is 299 Å². The van der Waals surface area contributed by atoms with E-state index in [4.69, 9.17) is 0 Å². The van der Waals surface area contributed by atoms with Crippen molar-refractivity contribution in [1.82, 2.24) is 9.80 Å². The molecule has 2 aliphatic rings. The Hall–Kier alpha value is -2.12. The van der Waals surface area contributed by atoms with Crippen LogP contribution in [0.2, 0.25) is 0 Å². The number of benzene rings is 1. The quantitative estimate of drug-likeness (QED) is 0.224. The van der Waals surface area contributed by atoms with Crippen molar-refractivity contribution in [1.29, 1.82) is 0 Å². The number of carboxylic acid groups (broad SMARTS) is 2. The van der Waals surface area contributed by atoms with Crippen LogP contribution < -0.4 is 0 Å². The normalized spacial score (nSPS) is 26.2. The van der Waals surface area contributed by atoms with E-state index in [9.17, 15) is 24.9 Å². The second-order valence-corrected chi connectivity index (χ2v) is 20.1. The highest BCUT2D eigenvalue weighted by atomic mass is 16.4. The third-order valence-corrected chi connectivity index (χ3v) is 15.0. The molecule has 0 aromatic heterocycles. The van der Waals surface area contributed by atoms with Gasteiger partial charge in [0.05, 0.1) is 0 Å². The zero-order valence-corrected chi connectivity index (χ0v) is 34.3. The van der Waals surface area contributed by atoms with Crippen LogP contribution in [-0.4, -0.2) is 75.3 Å². The number of nitrogens with zero attached hydrogens (tertiary/aromatic N) is 2. The minimum Gasteiger partial charge on any atom is -0.507 e. The first-order chi connectivity index (χ1) is 21.9. The number of rotatable bonds is 9. The Bertz CT molecular complexity index is 1350. The minimum atomic E-state index is -1.62. The maximum absolute atomic E-state index is 13.8. The van der Waals surface area contributed by atoms with Crippen molar-refractivity contribution in [2.24, 2.45) is 39.9 Å². The predicted octanol–water partition coefficient (Wildman–Crippen LogP) is 8.84. The number of piperidine rings is 2. The summed E-state index contributed by atoms with van der Waals surface area (Å²) >= 11 is 0. The smallest absolute Gasteiger partial charge is 0.318 e. The van der Waals surface area contributed by atoms with Crippen LogP contribution in [0, 0.1) is 39.9 Å². The van der Waals surface area contributed by atoms with Crippen molar-refractivity contribution in [2.75, 3.05) is 27.2 Å². The number of aromatic hydroxyl groups is 1. The molecule has 3 rings (SSSR count). The van der Waals surface area contributed by atoms with Crippen molar-refractivity contribution in [3.63, 3.8) is 0 Å². The minimum absolute atomic E-state index is 0.0738. The molecule has 2 fully saturated rings. The van der Waals surface area contributed by atoms with Crippen LogP contribution in [-0.2, 0) is 26.8 Å². The van der Waals surface area contributed by atoms with Gasteiger partial charge in [0.25, 0.3) is 0 Å². The molecule has 7 nitrogen and oxygen atoms in total. The average molecular weight is 685 g/mol. The molecule has 1 aromatic rings. The van der Waals surface area contributed by atoms with Gasteiger partial charge in [-0.1, -0.05) is 94.7 Å². The molecular formula is C42H72N2O5. The Morgan fingerprint density at radius 2 is 1.18 bits per heavy atom. The number of carbonyl (C=O) groups is 2. The Morgan fingerprint density at radius 1 is 0.776 bits per heavy atom. The first kappa shape index (κ1) is 41.3. The van der Waals surface area contributed by atoms with Crippen molar-refractivity contribution < 1.29 is 24.9 Å². The van der Waals surface area contributed by atoms with Crippen molar-refractivity contribution in [3.05, 3.63) is 28.8 Å². The van der Waals surface area contributed by atoms with Crippen molar-refractivity contribution in [2.45, 2.75) is 151 Å². The van der Waals surface area contributed by atoms with Crippen LogP contribution in [0.25, 0.3) is 0 Å². The van der Waals surface area contributed by atoms with E-state index in [1.54, 1.807) is 0 Å². The zero-order chi connectivity index (χ0) is 38.1. The SMILES string of the molecule is CCC(C1CCN(C)C(C)(C)C1(C)C)C(Cc1cc(C(C)(C)C)c(O)c(C(C)(C)C)c1)(C(C(=O)O)C(=O)O)C1CCN(C)C(C)(C)C1(C)C.